The van der Waals surface area contributed by atoms with Crippen molar-refractivity contribution in [1.82, 2.24) is 18.7 Å². The molecule has 3 heterocycles. The topological polar surface area (TPSA) is 81.4 Å². The lowest BCUT2D eigenvalue weighted by molar-refractivity contribution is 0.0595. The predicted octanol–water partition coefficient (Wildman–Crippen LogP) is 3.36. The van der Waals surface area contributed by atoms with Crippen molar-refractivity contribution in [2.24, 2.45) is 0 Å². The Kier molecular flexibility index (Phi) is 5.28. The monoisotopic (exact) mass is 333 g/mol. The molecule has 0 amide bonds. The number of carbonyl (C=O) groups excluding carboxylic acids is 1. The summed E-state index contributed by atoms with van der Waals surface area (Å²) in [7, 11) is 1.33. The lowest BCUT2D eigenvalue weighted by Crippen LogP contribution is -2.01. The molecule has 0 aromatic carbocycles. The quantitative estimate of drug-likeness (QED) is 0.740. The van der Waals surface area contributed by atoms with Gasteiger partial charge in [0.15, 0.2) is 17.2 Å². The number of rotatable bonds is 3. The van der Waals surface area contributed by atoms with Gasteiger partial charge in [0.05, 0.1) is 12.8 Å². The number of nitrogens with zero attached hydrogens (tertiary/aromatic N) is 4. The minimum Gasteiger partial charge on any atom is -0.464 e. The Balaban J connectivity index is 0.000000924. The predicted molar refractivity (Wildman–Crippen MR) is 90.5 cm³/mol. The van der Waals surface area contributed by atoms with E-state index in [9.17, 15) is 4.79 Å². The first-order valence-corrected chi connectivity index (χ1v) is 7.99. The maximum Gasteiger partial charge on any atom is 0.357 e. The van der Waals surface area contributed by atoms with E-state index in [1.807, 2.05) is 38.3 Å². The summed E-state index contributed by atoms with van der Waals surface area (Å²) in [5.41, 5.74) is 2.89. The number of fused-ring (bicyclic) bond motifs is 1. The number of carbonyl (C=O) groups is 1. The van der Waals surface area contributed by atoms with Crippen LogP contribution in [-0.4, -0.2) is 31.8 Å². The number of esters is 1. The molecule has 0 atom stereocenters. The second-order valence-corrected chi connectivity index (χ2v) is 5.32. The molecule has 3 rings (SSSR count). The van der Waals surface area contributed by atoms with Crippen LogP contribution in [0.5, 0.6) is 0 Å². The van der Waals surface area contributed by atoms with E-state index in [4.69, 9.17) is 0 Å². The second kappa shape index (κ2) is 7.19. The van der Waals surface area contributed by atoms with Crippen LogP contribution >= 0.6 is 11.5 Å². The second-order valence-electron chi connectivity index (χ2n) is 4.52. The molecule has 0 bridgehead atoms. The molecule has 0 aliphatic heterocycles. The van der Waals surface area contributed by atoms with E-state index in [1.54, 1.807) is 12.3 Å². The molecule has 1 N–H and O–H groups in total. The smallest absolute Gasteiger partial charge is 0.357 e. The van der Waals surface area contributed by atoms with Crippen molar-refractivity contribution in [1.29, 1.82) is 0 Å². The fraction of sp³-hybridized carbons (Fsp3) is 0.333. The molecule has 0 radical (unpaired) electrons. The fourth-order valence-corrected chi connectivity index (χ4v) is 2.59. The fourth-order valence-electron chi connectivity index (χ4n) is 1.96. The van der Waals surface area contributed by atoms with Gasteiger partial charge < -0.3 is 10.1 Å². The van der Waals surface area contributed by atoms with E-state index in [1.165, 1.54) is 18.6 Å². The summed E-state index contributed by atoms with van der Waals surface area (Å²) in [6.45, 7) is 7.89. The molecule has 0 saturated heterocycles. The number of anilines is 2. The SMILES string of the molecule is CC.COC(=O)c1cc(Nc2nc(C)cn3c(C)cnc23)sn1. The highest BCUT2D eigenvalue weighted by molar-refractivity contribution is 7.10. The normalized spacial score (nSPS) is 10.1. The van der Waals surface area contributed by atoms with E-state index in [0.29, 0.717) is 10.8 Å². The molecular weight excluding hydrogens is 314 g/mol. The van der Waals surface area contributed by atoms with Gasteiger partial charge in [0.25, 0.3) is 0 Å². The van der Waals surface area contributed by atoms with Gasteiger partial charge in [0.1, 0.15) is 5.00 Å². The summed E-state index contributed by atoms with van der Waals surface area (Å²) in [6, 6.07) is 1.63. The first kappa shape index (κ1) is 16.9. The molecule has 7 nitrogen and oxygen atoms in total. The largest absolute Gasteiger partial charge is 0.464 e. The molecule has 0 fully saturated rings. The van der Waals surface area contributed by atoms with Crippen molar-refractivity contribution in [2.75, 3.05) is 12.4 Å². The van der Waals surface area contributed by atoms with Gasteiger partial charge in [-0.25, -0.2) is 14.8 Å². The molecule has 0 unspecified atom stereocenters. The molecule has 3 aromatic heterocycles. The van der Waals surface area contributed by atoms with Crippen molar-refractivity contribution >= 4 is 34.0 Å². The third-order valence-electron chi connectivity index (χ3n) is 2.94. The minimum atomic E-state index is -0.460. The number of hydrogen-bond acceptors (Lipinski definition) is 7. The number of methoxy groups -OCH3 is 1. The first-order chi connectivity index (χ1) is 11.1. The number of hydrogen-bond donors (Lipinski definition) is 1. The number of imidazole rings is 1. The molecule has 122 valence electrons. The summed E-state index contributed by atoms with van der Waals surface area (Å²) in [6.07, 6.45) is 3.71. The van der Waals surface area contributed by atoms with E-state index in [-0.39, 0.29) is 5.69 Å². The van der Waals surface area contributed by atoms with Crippen LogP contribution in [0.4, 0.5) is 10.8 Å². The number of aromatic nitrogens is 4. The zero-order valence-corrected chi connectivity index (χ0v) is 14.6. The number of aryl methyl sites for hydroxylation is 2. The summed E-state index contributed by atoms with van der Waals surface area (Å²) < 4.78 is 10.6. The zero-order chi connectivity index (χ0) is 17.0. The van der Waals surface area contributed by atoms with Crippen LogP contribution in [0.15, 0.2) is 18.5 Å². The van der Waals surface area contributed by atoms with Crippen molar-refractivity contribution in [3.8, 4) is 0 Å². The van der Waals surface area contributed by atoms with Crippen LogP contribution in [-0.2, 0) is 4.74 Å². The van der Waals surface area contributed by atoms with Crippen molar-refractivity contribution in [3.63, 3.8) is 0 Å². The van der Waals surface area contributed by atoms with Crippen LogP contribution in [0.2, 0.25) is 0 Å². The lowest BCUT2D eigenvalue weighted by Gasteiger charge is -2.06. The van der Waals surface area contributed by atoms with Crippen LogP contribution in [0.1, 0.15) is 35.7 Å². The average molecular weight is 333 g/mol. The van der Waals surface area contributed by atoms with E-state index in [0.717, 1.165) is 17.0 Å². The van der Waals surface area contributed by atoms with Crippen LogP contribution in [0, 0.1) is 13.8 Å². The van der Waals surface area contributed by atoms with Gasteiger partial charge in [-0.15, -0.1) is 0 Å². The van der Waals surface area contributed by atoms with Gasteiger partial charge in [-0.1, -0.05) is 13.8 Å². The third kappa shape index (κ3) is 3.48. The van der Waals surface area contributed by atoms with E-state index < -0.39 is 5.97 Å². The van der Waals surface area contributed by atoms with Gasteiger partial charge in [-0.05, 0) is 25.4 Å². The van der Waals surface area contributed by atoms with Gasteiger partial charge in [-0.3, -0.25) is 4.40 Å². The molecular formula is C15H19N5O2S. The summed E-state index contributed by atoms with van der Waals surface area (Å²) in [5.74, 6) is 0.168. The summed E-state index contributed by atoms with van der Waals surface area (Å²) >= 11 is 1.17. The number of ether oxygens (including phenoxy) is 1. The Morgan fingerprint density at radius 3 is 2.78 bits per heavy atom. The Morgan fingerprint density at radius 1 is 1.35 bits per heavy atom. The maximum absolute atomic E-state index is 11.4. The highest BCUT2D eigenvalue weighted by Gasteiger charge is 2.13. The molecule has 0 aliphatic rings. The minimum absolute atomic E-state index is 0.271. The number of nitrogens with one attached hydrogen (secondary N) is 1. The summed E-state index contributed by atoms with van der Waals surface area (Å²) in [5, 5.41) is 3.86. The van der Waals surface area contributed by atoms with E-state index >= 15 is 0 Å². The molecule has 8 heteroatoms. The highest BCUT2D eigenvalue weighted by Crippen LogP contribution is 2.24. The summed E-state index contributed by atoms with van der Waals surface area (Å²) in [4.78, 5) is 20.2. The van der Waals surface area contributed by atoms with Crippen LogP contribution in [0.3, 0.4) is 0 Å². The van der Waals surface area contributed by atoms with Crippen molar-refractivity contribution in [3.05, 3.63) is 35.5 Å². The molecule has 0 saturated carbocycles. The van der Waals surface area contributed by atoms with Crippen molar-refractivity contribution < 1.29 is 9.53 Å². The Hall–Kier alpha value is -2.48. The van der Waals surface area contributed by atoms with E-state index in [2.05, 4.69) is 24.4 Å². The first-order valence-electron chi connectivity index (χ1n) is 7.22. The Morgan fingerprint density at radius 2 is 2.09 bits per heavy atom. The lowest BCUT2D eigenvalue weighted by atomic mass is 10.4. The highest BCUT2D eigenvalue weighted by atomic mass is 32.1. The van der Waals surface area contributed by atoms with Gasteiger partial charge in [-0.2, -0.15) is 4.37 Å². The Labute approximate surface area is 138 Å². The standard InChI is InChI=1S/C13H13N5O2S.C2H6/c1-7-6-18-8(2)5-14-12(18)11(15-7)16-10-4-9(17-21-10)13(19)20-3;1-2/h4-6H,1-3H3,(H,15,16);1-2H3. The molecule has 0 spiro atoms. The maximum atomic E-state index is 11.4. The molecule has 3 aromatic rings. The third-order valence-corrected chi connectivity index (χ3v) is 3.65. The van der Waals surface area contributed by atoms with Crippen LogP contribution in [0.25, 0.3) is 5.65 Å². The van der Waals surface area contributed by atoms with Gasteiger partial charge in [0, 0.05) is 24.2 Å². The van der Waals surface area contributed by atoms with Crippen LogP contribution < -0.4 is 5.32 Å². The zero-order valence-electron chi connectivity index (χ0n) is 13.7. The molecule has 0 aliphatic carbocycles. The Bertz CT molecular complexity index is 824. The molecule has 23 heavy (non-hydrogen) atoms. The van der Waals surface area contributed by atoms with Gasteiger partial charge in [0.2, 0.25) is 0 Å². The average Bonchev–Trinajstić information content (AvgIpc) is 3.16. The van der Waals surface area contributed by atoms with Gasteiger partial charge >= 0.3 is 5.97 Å². The van der Waals surface area contributed by atoms with Crippen molar-refractivity contribution in [2.45, 2.75) is 27.7 Å².